The van der Waals surface area contributed by atoms with Crippen LogP contribution in [-0.2, 0) is 17.8 Å². The van der Waals surface area contributed by atoms with Crippen molar-refractivity contribution < 1.29 is 4.79 Å². The summed E-state index contributed by atoms with van der Waals surface area (Å²) in [6, 6.07) is 8.15. The van der Waals surface area contributed by atoms with Crippen molar-refractivity contribution >= 4 is 5.91 Å². The zero-order chi connectivity index (χ0) is 12.8. The van der Waals surface area contributed by atoms with Gasteiger partial charge in [-0.15, -0.1) is 0 Å². The first-order valence-corrected chi connectivity index (χ1v) is 6.04. The maximum Gasteiger partial charge on any atom is 0.220 e. The van der Waals surface area contributed by atoms with Gasteiger partial charge in [-0.3, -0.25) is 4.79 Å². The highest BCUT2D eigenvalue weighted by Crippen LogP contribution is 2.09. The average Bonchev–Trinajstić information content (AvgIpc) is 2.88. The molecule has 1 amide bonds. The minimum atomic E-state index is 0.0628. The molecule has 0 radical (unpaired) electrons. The van der Waals surface area contributed by atoms with Crippen LogP contribution < -0.4 is 5.32 Å². The highest BCUT2D eigenvalue weighted by Gasteiger charge is 2.04. The maximum atomic E-state index is 11.7. The molecule has 0 bridgehead atoms. The van der Waals surface area contributed by atoms with E-state index in [4.69, 9.17) is 0 Å². The third kappa shape index (κ3) is 3.45. The van der Waals surface area contributed by atoms with Gasteiger partial charge in [0.15, 0.2) is 0 Å². The summed E-state index contributed by atoms with van der Waals surface area (Å²) in [5, 5.41) is 2.86. The molecule has 4 nitrogen and oxygen atoms in total. The smallest absolute Gasteiger partial charge is 0.220 e. The molecule has 1 aromatic carbocycles. The van der Waals surface area contributed by atoms with E-state index in [0.29, 0.717) is 13.0 Å². The highest BCUT2D eigenvalue weighted by molar-refractivity contribution is 5.76. The standard InChI is InChI=1S/C14H17N3O/c1-11-4-2-3-5-12(11)6-7-14(18)16-9-13-8-15-10-17-13/h2-5,8,10H,6-7,9H2,1H3,(H,15,17)(H,16,18). The number of hydrogen-bond donors (Lipinski definition) is 2. The van der Waals surface area contributed by atoms with Crippen LogP contribution in [0.4, 0.5) is 0 Å². The van der Waals surface area contributed by atoms with Gasteiger partial charge in [-0.05, 0) is 24.5 Å². The average molecular weight is 243 g/mol. The number of carbonyl (C=O) groups is 1. The first-order chi connectivity index (χ1) is 8.75. The monoisotopic (exact) mass is 243 g/mol. The Kier molecular flexibility index (Phi) is 4.12. The number of benzene rings is 1. The van der Waals surface area contributed by atoms with Gasteiger partial charge in [-0.2, -0.15) is 0 Å². The molecule has 1 heterocycles. The van der Waals surface area contributed by atoms with Gasteiger partial charge < -0.3 is 10.3 Å². The predicted octanol–water partition coefficient (Wildman–Crippen LogP) is 1.97. The molecule has 4 heteroatoms. The lowest BCUT2D eigenvalue weighted by atomic mass is 10.0. The normalized spacial score (nSPS) is 10.3. The van der Waals surface area contributed by atoms with Crippen molar-refractivity contribution in [2.75, 3.05) is 0 Å². The van der Waals surface area contributed by atoms with Crippen LogP contribution in [-0.4, -0.2) is 15.9 Å². The molecule has 2 rings (SSSR count). The van der Waals surface area contributed by atoms with Crippen LogP contribution in [0.5, 0.6) is 0 Å². The summed E-state index contributed by atoms with van der Waals surface area (Å²) in [7, 11) is 0. The Morgan fingerprint density at radius 1 is 1.39 bits per heavy atom. The number of aromatic amines is 1. The van der Waals surface area contributed by atoms with Gasteiger partial charge in [0.2, 0.25) is 5.91 Å². The van der Waals surface area contributed by atoms with E-state index < -0.39 is 0 Å². The number of H-pyrrole nitrogens is 1. The van der Waals surface area contributed by atoms with E-state index in [-0.39, 0.29) is 5.91 Å². The summed E-state index contributed by atoms with van der Waals surface area (Å²) in [5.41, 5.74) is 3.38. The quantitative estimate of drug-likeness (QED) is 0.843. The topological polar surface area (TPSA) is 57.8 Å². The van der Waals surface area contributed by atoms with Crippen molar-refractivity contribution in [1.29, 1.82) is 0 Å². The van der Waals surface area contributed by atoms with E-state index in [2.05, 4.69) is 34.3 Å². The molecule has 0 saturated carbocycles. The molecule has 18 heavy (non-hydrogen) atoms. The van der Waals surface area contributed by atoms with Crippen LogP contribution in [0, 0.1) is 6.92 Å². The molecule has 2 N–H and O–H groups in total. The summed E-state index contributed by atoms with van der Waals surface area (Å²) < 4.78 is 0. The fourth-order valence-corrected chi connectivity index (χ4v) is 1.80. The van der Waals surface area contributed by atoms with Crippen LogP contribution in [0.3, 0.4) is 0 Å². The Balaban J connectivity index is 1.77. The zero-order valence-corrected chi connectivity index (χ0v) is 10.4. The minimum absolute atomic E-state index is 0.0628. The number of nitrogens with one attached hydrogen (secondary N) is 2. The van der Waals surface area contributed by atoms with Gasteiger partial charge >= 0.3 is 0 Å². The van der Waals surface area contributed by atoms with Gasteiger partial charge in [-0.25, -0.2) is 4.98 Å². The number of amides is 1. The summed E-state index contributed by atoms with van der Waals surface area (Å²) in [4.78, 5) is 18.5. The third-order valence-corrected chi connectivity index (χ3v) is 2.91. The lowest BCUT2D eigenvalue weighted by molar-refractivity contribution is -0.121. The third-order valence-electron chi connectivity index (χ3n) is 2.91. The summed E-state index contributed by atoms with van der Waals surface area (Å²) in [6.07, 6.45) is 4.61. The van der Waals surface area contributed by atoms with Crippen molar-refractivity contribution in [3.8, 4) is 0 Å². The van der Waals surface area contributed by atoms with E-state index in [9.17, 15) is 4.79 Å². The zero-order valence-electron chi connectivity index (χ0n) is 10.4. The predicted molar refractivity (Wildman–Crippen MR) is 69.9 cm³/mol. The molecule has 94 valence electrons. The molecule has 0 atom stereocenters. The fraction of sp³-hybridized carbons (Fsp3) is 0.286. The lowest BCUT2D eigenvalue weighted by Crippen LogP contribution is -2.23. The number of carbonyl (C=O) groups excluding carboxylic acids is 1. The Morgan fingerprint density at radius 3 is 2.94 bits per heavy atom. The largest absolute Gasteiger partial charge is 0.350 e. The van der Waals surface area contributed by atoms with Crippen LogP contribution in [0.1, 0.15) is 23.2 Å². The highest BCUT2D eigenvalue weighted by atomic mass is 16.1. The van der Waals surface area contributed by atoms with Crippen LogP contribution in [0.15, 0.2) is 36.8 Å². The summed E-state index contributed by atoms with van der Waals surface area (Å²) in [5.74, 6) is 0.0628. The van der Waals surface area contributed by atoms with Crippen molar-refractivity contribution in [3.05, 3.63) is 53.6 Å². The number of aromatic nitrogens is 2. The molecular weight excluding hydrogens is 226 g/mol. The maximum absolute atomic E-state index is 11.7. The number of imidazole rings is 1. The summed E-state index contributed by atoms with van der Waals surface area (Å²) >= 11 is 0. The second-order valence-corrected chi connectivity index (χ2v) is 4.28. The van der Waals surface area contributed by atoms with E-state index >= 15 is 0 Å². The first kappa shape index (κ1) is 12.4. The molecule has 0 saturated heterocycles. The number of rotatable bonds is 5. The van der Waals surface area contributed by atoms with Crippen molar-refractivity contribution in [3.63, 3.8) is 0 Å². The van der Waals surface area contributed by atoms with Crippen LogP contribution in [0.2, 0.25) is 0 Å². The molecule has 0 aliphatic carbocycles. The van der Waals surface area contributed by atoms with Gasteiger partial charge in [0.25, 0.3) is 0 Å². The Bertz CT molecular complexity index is 506. The SMILES string of the molecule is Cc1ccccc1CCC(=O)NCc1cnc[nH]1. The molecule has 0 aliphatic rings. The van der Waals surface area contributed by atoms with Crippen LogP contribution >= 0.6 is 0 Å². The second kappa shape index (κ2) is 6.00. The van der Waals surface area contributed by atoms with Crippen LogP contribution in [0.25, 0.3) is 0 Å². The van der Waals surface area contributed by atoms with E-state index in [1.165, 1.54) is 11.1 Å². The second-order valence-electron chi connectivity index (χ2n) is 4.28. The van der Waals surface area contributed by atoms with E-state index in [0.717, 1.165) is 12.1 Å². The Morgan fingerprint density at radius 2 is 2.22 bits per heavy atom. The van der Waals surface area contributed by atoms with Gasteiger partial charge in [0.05, 0.1) is 18.6 Å². The number of aryl methyl sites for hydroxylation is 2. The van der Waals surface area contributed by atoms with Gasteiger partial charge in [0.1, 0.15) is 0 Å². The molecule has 2 aromatic rings. The van der Waals surface area contributed by atoms with Crippen molar-refractivity contribution in [2.24, 2.45) is 0 Å². The Hall–Kier alpha value is -2.10. The van der Waals surface area contributed by atoms with E-state index in [1.54, 1.807) is 12.5 Å². The molecule has 0 spiro atoms. The van der Waals surface area contributed by atoms with Crippen molar-refractivity contribution in [2.45, 2.75) is 26.3 Å². The first-order valence-electron chi connectivity index (χ1n) is 6.04. The molecule has 0 aliphatic heterocycles. The molecular formula is C14H17N3O. The molecule has 0 unspecified atom stereocenters. The Labute approximate surface area is 106 Å². The molecule has 1 aromatic heterocycles. The van der Waals surface area contributed by atoms with Gasteiger partial charge in [-0.1, -0.05) is 24.3 Å². The number of hydrogen-bond acceptors (Lipinski definition) is 2. The fourth-order valence-electron chi connectivity index (χ4n) is 1.80. The summed E-state index contributed by atoms with van der Waals surface area (Å²) in [6.45, 7) is 2.57. The molecule has 0 fully saturated rings. The number of nitrogens with zero attached hydrogens (tertiary/aromatic N) is 1. The minimum Gasteiger partial charge on any atom is -0.350 e. The van der Waals surface area contributed by atoms with Gasteiger partial charge in [0, 0.05) is 12.6 Å². The van der Waals surface area contributed by atoms with Crippen molar-refractivity contribution in [1.82, 2.24) is 15.3 Å². The van der Waals surface area contributed by atoms with E-state index in [1.807, 2.05) is 12.1 Å². The lowest BCUT2D eigenvalue weighted by Gasteiger charge is -2.06.